The molecule has 0 bridgehead atoms. The van der Waals surface area contributed by atoms with Crippen LogP contribution in [-0.4, -0.2) is 27.1 Å². The molecule has 0 aliphatic rings. The Morgan fingerprint density at radius 2 is 1.81 bits per heavy atom. The minimum absolute atomic E-state index is 0.0951. The van der Waals surface area contributed by atoms with Gasteiger partial charge in [-0.05, 0) is 36.5 Å². The molecule has 0 unspecified atom stereocenters. The lowest BCUT2D eigenvalue weighted by atomic mass is 10.1. The van der Waals surface area contributed by atoms with E-state index in [0.29, 0.717) is 24.6 Å². The first-order valence-corrected chi connectivity index (χ1v) is 8.99. The fourth-order valence-electron chi connectivity index (χ4n) is 1.92. The second-order valence-corrected chi connectivity index (χ2v) is 7.37. The number of carbonyl (C=O) groups is 1. The highest BCUT2D eigenvalue weighted by atomic mass is 32.2. The SMILES string of the molecule is CC(C)CC(=O)NCCCc1ccc(NS(C)(=O)=O)cc1. The van der Waals surface area contributed by atoms with Crippen LogP contribution in [0.5, 0.6) is 0 Å². The zero-order valence-corrected chi connectivity index (χ0v) is 13.7. The monoisotopic (exact) mass is 312 g/mol. The minimum atomic E-state index is -3.23. The fourth-order valence-corrected chi connectivity index (χ4v) is 2.48. The van der Waals surface area contributed by atoms with Gasteiger partial charge in [0.1, 0.15) is 0 Å². The summed E-state index contributed by atoms with van der Waals surface area (Å²) < 4.78 is 24.6. The molecule has 1 rings (SSSR count). The number of aryl methyl sites for hydroxylation is 1. The quantitative estimate of drug-likeness (QED) is 0.722. The van der Waals surface area contributed by atoms with E-state index in [4.69, 9.17) is 0 Å². The maximum atomic E-state index is 11.5. The van der Waals surface area contributed by atoms with E-state index in [2.05, 4.69) is 10.0 Å². The van der Waals surface area contributed by atoms with Gasteiger partial charge in [0.15, 0.2) is 0 Å². The molecule has 2 N–H and O–H groups in total. The molecule has 0 spiro atoms. The number of amides is 1. The molecule has 0 aliphatic heterocycles. The predicted octanol–water partition coefficient (Wildman–Crippen LogP) is 2.15. The van der Waals surface area contributed by atoms with Gasteiger partial charge in [0.25, 0.3) is 0 Å². The second-order valence-electron chi connectivity index (χ2n) is 5.62. The van der Waals surface area contributed by atoms with E-state index in [9.17, 15) is 13.2 Å². The molecule has 0 saturated carbocycles. The summed E-state index contributed by atoms with van der Waals surface area (Å²) in [5, 5.41) is 2.90. The van der Waals surface area contributed by atoms with Crippen molar-refractivity contribution in [2.24, 2.45) is 5.92 Å². The standard InChI is InChI=1S/C15H24N2O3S/c1-12(2)11-15(18)16-10-4-5-13-6-8-14(9-7-13)17-21(3,19)20/h6-9,12,17H,4-5,10-11H2,1-3H3,(H,16,18). The molecule has 6 heteroatoms. The van der Waals surface area contributed by atoms with Crippen molar-refractivity contribution >= 4 is 21.6 Å². The fraction of sp³-hybridized carbons (Fsp3) is 0.533. The number of hydrogen-bond acceptors (Lipinski definition) is 3. The molecular formula is C15H24N2O3S. The largest absolute Gasteiger partial charge is 0.356 e. The van der Waals surface area contributed by atoms with Crippen molar-refractivity contribution in [3.63, 3.8) is 0 Å². The topological polar surface area (TPSA) is 75.3 Å². The van der Waals surface area contributed by atoms with Crippen LogP contribution in [-0.2, 0) is 21.2 Å². The molecule has 0 radical (unpaired) electrons. The van der Waals surface area contributed by atoms with E-state index in [-0.39, 0.29) is 5.91 Å². The van der Waals surface area contributed by atoms with Crippen LogP contribution in [0, 0.1) is 5.92 Å². The number of anilines is 1. The zero-order chi connectivity index (χ0) is 15.9. The third-order valence-corrected chi connectivity index (χ3v) is 3.42. The molecule has 5 nitrogen and oxygen atoms in total. The van der Waals surface area contributed by atoms with Crippen molar-refractivity contribution in [3.8, 4) is 0 Å². The molecule has 0 saturated heterocycles. The maximum Gasteiger partial charge on any atom is 0.229 e. The molecule has 1 aromatic rings. The number of benzene rings is 1. The van der Waals surface area contributed by atoms with Gasteiger partial charge in [-0.25, -0.2) is 8.42 Å². The summed E-state index contributed by atoms with van der Waals surface area (Å²) in [5.41, 5.74) is 1.68. The molecular weight excluding hydrogens is 288 g/mol. The van der Waals surface area contributed by atoms with Gasteiger partial charge in [0, 0.05) is 18.7 Å². The highest BCUT2D eigenvalue weighted by Gasteiger charge is 2.04. The molecule has 0 aromatic heterocycles. The Morgan fingerprint density at radius 1 is 1.19 bits per heavy atom. The Labute approximate surface area is 127 Å². The zero-order valence-electron chi connectivity index (χ0n) is 12.8. The van der Waals surface area contributed by atoms with Gasteiger partial charge in [-0.2, -0.15) is 0 Å². The van der Waals surface area contributed by atoms with Crippen LogP contribution >= 0.6 is 0 Å². The van der Waals surface area contributed by atoms with Crippen molar-refractivity contribution in [2.45, 2.75) is 33.1 Å². The predicted molar refractivity (Wildman–Crippen MR) is 85.7 cm³/mol. The number of nitrogens with one attached hydrogen (secondary N) is 2. The van der Waals surface area contributed by atoms with Crippen LogP contribution in [0.15, 0.2) is 24.3 Å². The van der Waals surface area contributed by atoms with E-state index in [1.165, 1.54) is 0 Å². The lowest BCUT2D eigenvalue weighted by Gasteiger charge is -2.08. The number of carbonyl (C=O) groups excluding carboxylic acids is 1. The first-order valence-electron chi connectivity index (χ1n) is 7.09. The van der Waals surface area contributed by atoms with E-state index in [1.54, 1.807) is 12.1 Å². The Balaban J connectivity index is 2.32. The molecule has 21 heavy (non-hydrogen) atoms. The smallest absolute Gasteiger partial charge is 0.229 e. The van der Waals surface area contributed by atoms with E-state index >= 15 is 0 Å². The lowest BCUT2D eigenvalue weighted by Crippen LogP contribution is -2.25. The average Bonchev–Trinajstić information content (AvgIpc) is 2.34. The highest BCUT2D eigenvalue weighted by molar-refractivity contribution is 7.92. The van der Waals surface area contributed by atoms with E-state index in [1.807, 2.05) is 26.0 Å². The minimum Gasteiger partial charge on any atom is -0.356 e. The van der Waals surface area contributed by atoms with Crippen LogP contribution in [0.2, 0.25) is 0 Å². The van der Waals surface area contributed by atoms with Crippen LogP contribution in [0.4, 0.5) is 5.69 Å². The summed E-state index contributed by atoms with van der Waals surface area (Å²) in [7, 11) is -3.23. The number of hydrogen-bond donors (Lipinski definition) is 2. The molecule has 0 heterocycles. The lowest BCUT2D eigenvalue weighted by molar-refractivity contribution is -0.121. The Morgan fingerprint density at radius 3 is 2.33 bits per heavy atom. The van der Waals surface area contributed by atoms with Gasteiger partial charge in [-0.1, -0.05) is 26.0 Å². The molecule has 0 aliphatic carbocycles. The Kier molecular flexibility index (Phi) is 6.68. The first kappa shape index (κ1) is 17.5. The second kappa shape index (κ2) is 8.02. The van der Waals surface area contributed by atoms with Crippen LogP contribution in [0.25, 0.3) is 0 Å². The molecule has 0 atom stereocenters. The molecule has 0 fully saturated rings. The number of sulfonamides is 1. The normalized spacial score (nSPS) is 11.4. The molecule has 1 aromatic carbocycles. The maximum absolute atomic E-state index is 11.5. The van der Waals surface area contributed by atoms with Crippen LogP contribution < -0.4 is 10.0 Å². The van der Waals surface area contributed by atoms with Crippen molar-refractivity contribution in [1.29, 1.82) is 0 Å². The summed E-state index contributed by atoms with van der Waals surface area (Å²) in [6.07, 6.45) is 3.40. The average molecular weight is 312 g/mol. The summed E-state index contributed by atoms with van der Waals surface area (Å²) in [6, 6.07) is 7.27. The third-order valence-electron chi connectivity index (χ3n) is 2.82. The van der Waals surface area contributed by atoms with Crippen molar-refractivity contribution in [2.75, 3.05) is 17.5 Å². The van der Waals surface area contributed by atoms with E-state index in [0.717, 1.165) is 24.7 Å². The van der Waals surface area contributed by atoms with Crippen molar-refractivity contribution in [1.82, 2.24) is 5.32 Å². The third kappa shape index (κ3) is 8.34. The summed E-state index contributed by atoms with van der Waals surface area (Å²) in [4.78, 5) is 11.5. The molecule has 1 amide bonds. The number of rotatable bonds is 8. The highest BCUT2D eigenvalue weighted by Crippen LogP contribution is 2.12. The Hall–Kier alpha value is -1.56. The Bertz CT molecular complexity index is 551. The first-order chi connectivity index (χ1) is 9.76. The molecule has 118 valence electrons. The van der Waals surface area contributed by atoms with E-state index < -0.39 is 10.0 Å². The van der Waals surface area contributed by atoms with Gasteiger partial charge < -0.3 is 5.32 Å². The van der Waals surface area contributed by atoms with Gasteiger partial charge in [-0.15, -0.1) is 0 Å². The van der Waals surface area contributed by atoms with Crippen molar-refractivity contribution in [3.05, 3.63) is 29.8 Å². The van der Waals surface area contributed by atoms with Gasteiger partial charge in [-0.3, -0.25) is 9.52 Å². The van der Waals surface area contributed by atoms with Gasteiger partial charge in [0.05, 0.1) is 6.26 Å². The van der Waals surface area contributed by atoms with Crippen LogP contribution in [0.3, 0.4) is 0 Å². The van der Waals surface area contributed by atoms with Gasteiger partial charge in [0.2, 0.25) is 15.9 Å². The summed E-state index contributed by atoms with van der Waals surface area (Å²) in [6.45, 7) is 4.70. The summed E-state index contributed by atoms with van der Waals surface area (Å²) in [5.74, 6) is 0.470. The van der Waals surface area contributed by atoms with Crippen molar-refractivity contribution < 1.29 is 13.2 Å². The van der Waals surface area contributed by atoms with Gasteiger partial charge >= 0.3 is 0 Å². The van der Waals surface area contributed by atoms with Crippen LogP contribution in [0.1, 0.15) is 32.3 Å². The summed E-state index contributed by atoms with van der Waals surface area (Å²) >= 11 is 0.